The quantitative estimate of drug-likeness (QED) is 0.603. The summed E-state index contributed by atoms with van der Waals surface area (Å²) >= 11 is 0. The number of oxazole rings is 1. The number of nitrogens with zero attached hydrogens (tertiary/aromatic N) is 1. The van der Waals surface area contributed by atoms with Crippen LogP contribution in [0, 0.1) is 0 Å². The normalized spacial score (nSPS) is 10.9. The van der Waals surface area contributed by atoms with Crippen LogP contribution in [0.25, 0.3) is 11.1 Å². The lowest BCUT2D eigenvalue weighted by Gasteiger charge is -2.01. The van der Waals surface area contributed by atoms with Gasteiger partial charge >= 0.3 is 5.76 Å². The highest BCUT2D eigenvalue weighted by Crippen LogP contribution is 2.14. The largest absolute Gasteiger partial charge is 0.419 e. The highest BCUT2D eigenvalue weighted by atomic mass is 16.4. The fourth-order valence-corrected chi connectivity index (χ4v) is 1.73. The van der Waals surface area contributed by atoms with Crippen LogP contribution < -0.4 is 11.1 Å². The van der Waals surface area contributed by atoms with Crippen LogP contribution in [0.3, 0.4) is 0 Å². The minimum absolute atomic E-state index is 0.351. The van der Waals surface area contributed by atoms with E-state index < -0.39 is 0 Å². The Morgan fingerprint density at radius 1 is 1.47 bits per heavy atom. The first-order chi connectivity index (χ1) is 8.22. The Kier molecular flexibility index (Phi) is 3.39. The summed E-state index contributed by atoms with van der Waals surface area (Å²) in [5.74, 6) is -0.351. The number of hydrogen-bond acceptors (Lipinski definition) is 4. The Labute approximate surface area is 98.0 Å². The fraction of sp³-hybridized carbons (Fsp3) is 0.333. The summed E-state index contributed by atoms with van der Waals surface area (Å²) in [6.45, 7) is 1.09. The zero-order valence-corrected chi connectivity index (χ0v) is 9.60. The third kappa shape index (κ3) is 2.45. The first-order valence-electron chi connectivity index (χ1n) is 5.45. The molecule has 0 bridgehead atoms. The van der Waals surface area contributed by atoms with Crippen LogP contribution in [0.4, 0.5) is 0 Å². The van der Waals surface area contributed by atoms with Gasteiger partial charge in [-0.25, -0.2) is 4.79 Å². The van der Waals surface area contributed by atoms with Gasteiger partial charge in [0.15, 0.2) is 5.58 Å². The van der Waals surface area contributed by atoms with Crippen molar-refractivity contribution in [2.75, 3.05) is 13.1 Å². The van der Waals surface area contributed by atoms with Crippen LogP contribution in [-0.4, -0.2) is 23.9 Å². The molecule has 17 heavy (non-hydrogen) atoms. The molecule has 0 saturated heterocycles. The lowest BCUT2D eigenvalue weighted by atomic mass is 10.1. The third-order valence-electron chi connectivity index (χ3n) is 2.67. The molecule has 0 fully saturated rings. The van der Waals surface area contributed by atoms with E-state index in [4.69, 9.17) is 4.42 Å². The summed E-state index contributed by atoms with van der Waals surface area (Å²) in [5, 5.41) is 2.98. The first kappa shape index (κ1) is 11.6. The van der Waals surface area contributed by atoms with Crippen molar-refractivity contribution in [3.63, 3.8) is 0 Å². The van der Waals surface area contributed by atoms with Crippen molar-refractivity contribution in [1.29, 1.82) is 0 Å². The van der Waals surface area contributed by atoms with E-state index in [2.05, 4.69) is 5.32 Å². The van der Waals surface area contributed by atoms with Gasteiger partial charge in [0.1, 0.15) is 6.29 Å². The molecule has 0 aliphatic rings. The minimum Gasteiger partial charge on any atom is -0.408 e. The van der Waals surface area contributed by atoms with Gasteiger partial charge in [-0.05, 0) is 30.7 Å². The molecule has 0 amide bonds. The van der Waals surface area contributed by atoms with E-state index >= 15 is 0 Å². The van der Waals surface area contributed by atoms with Crippen molar-refractivity contribution in [3.05, 3.63) is 34.3 Å². The standard InChI is InChI=1S/C12H14N2O3/c1-14-10-3-2-9(4-5-13-6-7-15)8-11(10)17-12(14)16/h2-3,7-8,13H,4-6H2,1H3. The van der Waals surface area contributed by atoms with Gasteiger partial charge in [0.25, 0.3) is 0 Å². The lowest BCUT2D eigenvalue weighted by molar-refractivity contribution is -0.107. The van der Waals surface area contributed by atoms with Crippen molar-refractivity contribution in [2.24, 2.45) is 7.05 Å². The summed E-state index contributed by atoms with van der Waals surface area (Å²) in [6, 6.07) is 5.69. The highest BCUT2D eigenvalue weighted by molar-refractivity contribution is 5.73. The Balaban J connectivity index is 2.15. The Hall–Kier alpha value is -1.88. The van der Waals surface area contributed by atoms with E-state index in [9.17, 15) is 9.59 Å². The van der Waals surface area contributed by atoms with E-state index in [0.29, 0.717) is 12.1 Å². The maximum atomic E-state index is 11.3. The average molecular weight is 234 g/mol. The number of aryl methyl sites for hydroxylation is 1. The van der Waals surface area contributed by atoms with Gasteiger partial charge in [0.2, 0.25) is 0 Å². The van der Waals surface area contributed by atoms with Crippen molar-refractivity contribution in [2.45, 2.75) is 6.42 Å². The molecule has 5 heteroatoms. The smallest absolute Gasteiger partial charge is 0.408 e. The summed E-state index contributed by atoms with van der Waals surface area (Å²) in [6.07, 6.45) is 1.63. The molecule has 0 radical (unpaired) electrons. The molecule has 90 valence electrons. The maximum Gasteiger partial charge on any atom is 0.419 e. The van der Waals surface area contributed by atoms with Crippen LogP contribution in [0.5, 0.6) is 0 Å². The number of carbonyl (C=O) groups excluding carboxylic acids is 1. The molecular weight excluding hydrogens is 220 g/mol. The van der Waals surface area contributed by atoms with E-state index in [1.165, 1.54) is 4.57 Å². The predicted octanol–water partition coefficient (Wildman–Crippen LogP) is 0.462. The van der Waals surface area contributed by atoms with E-state index in [-0.39, 0.29) is 5.76 Å². The molecule has 0 aliphatic carbocycles. The van der Waals surface area contributed by atoms with Crippen LogP contribution >= 0.6 is 0 Å². The van der Waals surface area contributed by atoms with Crippen molar-refractivity contribution in [1.82, 2.24) is 9.88 Å². The first-order valence-corrected chi connectivity index (χ1v) is 5.45. The van der Waals surface area contributed by atoms with Gasteiger partial charge in [0.05, 0.1) is 12.1 Å². The van der Waals surface area contributed by atoms with Crippen molar-refractivity contribution in [3.8, 4) is 0 Å². The van der Waals surface area contributed by atoms with Gasteiger partial charge < -0.3 is 14.5 Å². The topological polar surface area (TPSA) is 64.2 Å². The average Bonchev–Trinajstić information content (AvgIpc) is 2.61. The molecule has 1 aromatic carbocycles. The van der Waals surface area contributed by atoms with E-state index in [1.54, 1.807) is 7.05 Å². The molecule has 0 spiro atoms. The molecule has 2 aromatic rings. The molecule has 0 atom stereocenters. The van der Waals surface area contributed by atoms with Crippen molar-refractivity contribution >= 4 is 17.4 Å². The molecule has 1 N–H and O–H groups in total. The molecular formula is C12H14N2O3. The van der Waals surface area contributed by atoms with Gasteiger partial charge in [-0.3, -0.25) is 4.57 Å². The SMILES string of the molecule is Cn1c(=O)oc2cc(CCNCC=O)ccc21. The zero-order chi connectivity index (χ0) is 12.3. The molecule has 1 heterocycles. The second-order valence-electron chi connectivity index (χ2n) is 3.85. The zero-order valence-electron chi connectivity index (χ0n) is 9.60. The van der Waals surface area contributed by atoms with Crippen LogP contribution in [0.15, 0.2) is 27.4 Å². The maximum absolute atomic E-state index is 11.3. The third-order valence-corrected chi connectivity index (χ3v) is 2.67. The van der Waals surface area contributed by atoms with Crippen LogP contribution in [-0.2, 0) is 18.3 Å². The Morgan fingerprint density at radius 2 is 2.29 bits per heavy atom. The summed E-state index contributed by atoms with van der Waals surface area (Å²) in [4.78, 5) is 21.4. The number of rotatable bonds is 5. The fourth-order valence-electron chi connectivity index (χ4n) is 1.73. The molecule has 0 unspecified atom stereocenters. The molecule has 2 rings (SSSR count). The number of carbonyl (C=O) groups is 1. The van der Waals surface area contributed by atoms with Crippen LogP contribution in [0.2, 0.25) is 0 Å². The molecule has 0 saturated carbocycles. The van der Waals surface area contributed by atoms with Crippen molar-refractivity contribution < 1.29 is 9.21 Å². The van der Waals surface area contributed by atoms with Gasteiger partial charge in [-0.15, -0.1) is 0 Å². The Morgan fingerprint density at radius 3 is 3.06 bits per heavy atom. The number of aldehydes is 1. The summed E-state index contributed by atoms with van der Waals surface area (Å²) < 4.78 is 6.57. The molecule has 0 aliphatic heterocycles. The predicted molar refractivity (Wildman–Crippen MR) is 64.1 cm³/mol. The number of nitrogens with one attached hydrogen (secondary N) is 1. The summed E-state index contributed by atoms with van der Waals surface area (Å²) in [5.41, 5.74) is 2.47. The monoisotopic (exact) mass is 234 g/mol. The van der Waals surface area contributed by atoms with Gasteiger partial charge in [0, 0.05) is 7.05 Å². The number of fused-ring (bicyclic) bond motifs is 1. The number of benzene rings is 1. The molecule has 5 nitrogen and oxygen atoms in total. The lowest BCUT2D eigenvalue weighted by Crippen LogP contribution is -2.19. The van der Waals surface area contributed by atoms with E-state index in [1.807, 2.05) is 18.2 Å². The van der Waals surface area contributed by atoms with E-state index in [0.717, 1.165) is 30.3 Å². The van der Waals surface area contributed by atoms with Gasteiger partial charge in [-0.1, -0.05) is 6.07 Å². The molecule has 1 aromatic heterocycles. The number of aromatic nitrogens is 1. The summed E-state index contributed by atoms with van der Waals surface area (Å²) in [7, 11) is 1.68. The van der Waals surface area contributed by atoms with Crippen LogP contribution in [0.1, 0.15) is 5.56 Å². The number of hydrogen-bond donors (Lipinski definition) is 1. The van der Waals surface area contributed by atoms with Gasteiger partial charge in [-0.2, -0.15) is 0 Å². The highest BCUT2D eigenvalue weighted by Gasteiger charge is 2.05. The Bertz CT molecular complexity index is 583. The second kappa shape index (κ2) is 4.97. The second-order valence-corrected chi connectivity index (χ2v) is 3.85. The minimum atomic E-state index is -0.351.